The molecule has 1 atom stereocenters. The van der Waals surface area contributed by atoms with Gasteiger partial charge in [-0.3, -0.25) is 14.7 Å². The van der Waals surface area contributed by atoms with Gasteiger partial charge in [-0.05, 0) is 63.3 Å². The number of benzene rings is 1. The Bertz CT molecular complexity index is 908. The van der Waals surface area contributed by atoms with E-state index in [-0.39, 0.29) is 17.2 Å². The zero-order chi connectivity index (χ0) is 20.9. The Balaban J connectivity index is 1.47. The zero-order valence-corrected chi connectivity index (χ0v) is 17.8. The number of piperidine rings is 2. The highest BCUT2D eigenvalue weighted by Gasteiger charge is 2.24. The summed E-state index contributed by atoms with van der Waals surface area (Å²) in [6.07, 6.45) is 5.68. The van der Waals surface area contributed by atoms with Crippen molar-refractivity contribution in [3.05, 3.63) is 45.9 Å². The third kappa shape index (κ3) is 4.95. The van der Waals surface area contributed by atoms with Gasteiger partial charge in [0.15, 0.2) is 11.5 Å². The molecule has 1 aromatic heterocycles. The van der Waals surface area contributed by atoms with Crippen molar-refractivity contribution in [2.24, 2.45) is 0 Å². The lowest BCUT2D eigenvalue weighted by molar-refractivity contribution is 0.198. The van der Waals surface area contributed by atoms with Crippen molar-refractivity contribution in [3.63, 3.8) is 0 Å². The lowest BCUT2D eigenvalue weighted by Gasteiger charge is -2.33. The summed E-state index contributed by atoms with van der Waals surface area (Å²) >= 11 is 0. The van der Waals surface area contributed by atoms with Gasteiger partial charge in [0.05, 0.1) is 12.3 Å². The van der Waals surface area contributed by atoms with Gasteiger partial charge in [0.25, 0.3) is 5.56 Å². The highest BCUT2D eigenvalue weighted by Crippen LogP contribution is 2.30. The van der Waals surface area contributed by atoms with Crippen LogP contribution in [-0.2, 0) is 6.54 Å². The maximum absolute atomic E-state index is 12.3. The molecule has 0 spiro atoms. The van der Waals surface area contributed by atoms with Crippen molar-refractivity contribution < 1.29 is 9.84 Å². The van der Waals surface area contributed by atoms with Crippen molar-refractivity contribution in [3.8, 4) is 11.5 Å². The standard InChI is InChI=1S/C23H32N4O3/c1-2-30-21-13-17(8-9-20(21)28)15-26-10-6-7-18(16-26)19-14-22(29)25-23(24-19)27-11-4-3-5-12-27/h8-9,13-14,18,28H,2-7,10-12,15-16H2,1H3,(H,24,25,29). The summed E-state index contributed by atoms with van der Waals surface area (Å²) in [6.45, 7) is 7.05. The molecule has 162 valence electrons. The first-order valence-corrected chi connectivity index (χ1v) is 11.2. The Kier molecular flexibility index (Phi) is 6.57. The summed E-state index contributed by atoms with van der Waals surface area (Å²) in [7, 11) is 0. The zero-order valence-electron chi connectivity index (χ0n) is 17.8. The lowest BCUT2D eigenvalue weighted by atomic mass is 9.94. The number of anilines is 1. The molecule has 2 aromatic rings. The van der Waals surface area contributed by atoms with Crippen molar-refractivity contribution in [2.45, 2.75) is 51.5 Å². The van der Waals surface area contributed by atoms with Gasteiger partial charge in [0.2, 0.25) is 5.95 Å². The average Bonchev–Trinajstić information content (AvgIpc) is 2.77. The monoisotopic (exact) mass is 412 g/mol. The minimum atomic E-state index is -0.0578. The molecule has 2 aliphatic heterocycles. The highest BCUT2D eigenvalue weighted by atomic mass is 16.5. The first kappa shape index (κ1) is 20.7. The number of aromatic hydroxyl groups is 1. The predicted molar refractivity (Wildman–Crippen MR) is 117 cm³/mol. The topological polar surface area (TPSA) is 81.7 Å². The summed E-state index contributed by atoms with van der Waals surface area (Å²) < 4.78 is 5.52. The number of phenolic OH excluding ortho intramolecular Hbond substituents is 1. The molecule has 2 saturated heterocycles. The van der Waals surface area contributed by atoms with Crippen LogP contribution in [0.5, 0.6) is 11.5 Å². The minimum absolute atomic E-state index is 0.0578. The minimum Gasteiger partial charge on any atom is -0.504 e. The molecule has 7 heteroatoms. The van der Waals surface area contributed by atoms with Gasteiger partial charge in [-0.15, -0.1) is 0 Å². The highest BCUT2D eigenvalue weighted by molar-refractivity contribution is 5.41. The molecule has 30 heavy (non-hydrogen) atoms. The van der Waals surface area contributed by atoms with Crippen LogP contribution in [0.25, 0.3) is 0 Å². The molecule has 0 radical (unpaired) electrons. The fraction of sp³-hybridized carbons (Fsp3) is 0.565. The first-order chi connectivity index (χ1) is 14.6. The van der Waals surface area contributed by atoms with E-state index in [1.165, 1.54) is 6.42 Å². The molecule has 0 aliphatic carbocycles. The number of phenols is 1. The van der Waals surface area contributed by atoms with E-state index in [0.717, 1.165) is 75.6 Å². The fourth-order valence-electron chi connectivity index (χ4n) is 4.55. The second kappa shape index (κ2) is 9.51. The van der Waals surface area contributed by atoms with Crippen LogP contribution in [-0.4, -0.2) is 52.8 Å². The molecule has 2 aliphatic rings. The summed E-state index contributed by atoms with van der Waals surface area (Å²) in [5, 5.41) is 9.94. The number of aromatic amines is 1. The Morgan fingerprint density at radius 2 is 2.00 bits per heavy atom. The Labute approximate surface area is 177 Å². The maximum Gasteiger partial charge on any atom is 0.252 e. The molecule has 1 aromatic carbocycles. The molecule has 1 unspecified atom stereocenters. The van der Waals surface area contributed by atoms with Crippen LogP contribution in [0.4, 0.5) is 5.95 Å². The number of ether oxygens (including phenoxy) is 1. The first-order valence-electron chi connectivity index (χ1n) is 11.2. The Hall–Kier alpha value is -2.54. The number of H-pyrrole nitrogens is 1. The molecule has 7 nitrogen and oxygen atoms in total. The third-order valence-corrected chi connectivity index (χ3v) is 6.06. The molecule has 2 fully saturated rings. The smallest absolute Gasteiger partial charge is 0.252 e. The van der Waals surface area contributed by atoms with Gasteiger partial charge in [-0.2, -0.15) is 0 Å². The number of hydrogen-bond donors (Lipinski definition) is 2. The van der Waals surface area contributed by atoms with Gasteiger partial charge in [-0.25, -0.2) is 4.98 Å². The van der Waals surface area contributed by atoms with Crippen LogP contribution in [0, 0.1) is 0 Å². The summed E-state index contributed by atoms with van der Waals surface area (Å²) in [5.41, 5.74) is 1.96. The van der Waals surface area contributed by atoms with E-state index < -0.39 is 0 Å². The van der Waals surface area contributed by atoms with Crippen LogP contribution >= 0.6 is 0 Å². The number of nitrogens with one attached hydrogen (secondary N) is 1. The third-order valence-electron chi connectivity index (χ3n) is 6.06. The van der Waals surface area contributed by atoms with Crippen LogP contribution < -0.4 is 15.2 Å². The quantitative estimate of drug-likeness (QED) is 0.758. The van der Waals surface area contributed by atoms with E-state index in [9.17, 15) is 9.90 Å². The van der Waals surface area contributed by atoms with Crippen LogP contribution in [0.3, 0.4) is 0 Å². The summed E-state index contributed by atoms with van der Waals surface area (Å²) in [6, 6.07) is 7.24. The predicted octanol–water partition coefficient (Wildman–Crippen LogP) is 3.24. The molecule has 4 rings (SSSR count). The summed E-state index contributed by atoms with van der Waals surface area (Å²) in [5.74, 6) is 1.70. The Morgan fingerprint density at radius 1 is 1.17 bits per heavy atom. The fourth-order valence-corrected chi connectivity index (χ4v) is 4.55. The normalized spacial score (nSPS) is 20.3. The molecule has 2 N–H and O–H groups in total. The van der Waals surface area contributed by atoms with E-state index in [0.29, 0.717) is 12.4 Å². The molecule has 0 bridgehead atoms. The van der Waals surface area contributed by atoms with Crippen LogP contribution in [0.2, 0.25) is 0 Å². The van der Waals surface area contributed by atoms with Crippen molar-refractivity contribution in [2.75, 3.05) is 37.7 Å². The Morgan fingerprint density at radius 3 is 2.80 bits per heavy atom. The average molecular weight is 413 g/mol. The molecule has 3 heterocycles. The molecule has 0 saturated carbocycles. The van der Waals surface area contributed by atoms with E-state index in [1.807, 2.05) is 19.1 Å². The van der Waals surface area contributed by atoms with Gasteiger partial charge >= 0.3 is 0 Å². The maximum atomic E-state index is 12.3. The number of likely N-dealkylation sites (tertiary alicyclic amines) is 1. The van der Waals surface area contributed by atoms with E-state index in [4.69, 9.17) is 9.72 Å². The molecular formula is C23H32N4O3. The van der Waals surface area contributed by atoms with Crippen molar-refractivity contribution in [1.82, 2.24) is 14.9 Å². The van der Waals surface area contributed by atoms with Gasteiger partial charge in [0.1, 0.15) is 0 Å². The largest absolute Gasteiger partial charge is 0.504 e. The second-order valence-electron chi connectivity index (χ2n) is 8.35. The van der Waals surface area contributed by atoms with Crippen LogP contribution in [0.1, 0.15) is 56.2 Å². The lowest BCUT2D eigenvalue weighted by Crippen LogP contribution is -2.36. The molecular weight excluding hydrogens is 380 g/mol. The molecule has 0 amide bonds. The number of rotatable bonds is 6. The van der Waals surface area contributed by atoms with Gasteiger partial charge in [0, 0.05) is 38.2 Å². The SMILES string of the molecule is CCOc1cc(CN2CCCC(c3cc(=O)[nH]c(N4CCCCC4)n3)C2)ccc1O. The van der Waals surface area contributed by atoms with E-state index in [2.05, 4.69) is 14.8 Å². The van der Waals surface area contributed by atoms with Gasteiger partial charge < -0.3 is 14.7 Å². The number of nitrogens with zero attached hydrogens (tertiary/aromatic N) is 3. The number of hydrogen-bond acceptors (Lipinski definition) is 6. The number of aromatic nitrogens is 2. The second-order valence-corrected chi connectivity index (χ2v) is 8.35. The van der Waals surface area contributed by atoms with E-state index in [1.54, 1.807) is 12.1 Å². The van der Waals surface area contributed by atoms with Crippen molar-refractivity contribution in [1.29, 1.82) is 0 Å². The van der Waals surface area contributed by atoms with Crippen LogP contribution in [0.15, 0.2) is 29.1 Å². The van der Waals surface area contributed by atoms with Crippen molar-refractivity contribution >= 4 is 5.95 Å². The summed E-state index contributed by atoms with van der Waals surface area (Å²) in [4.78, 5) is 24.7. The van der Waals surface area contributed by atoms with E-state index >= 15 is 0 Å². The van der Waals surface area contributed by atoms with Gasteiger partial charge in [-0.1, -0.05) is 6.07 Å².